The van der Waals surface area contributed by atoms with Crippen LogP contribution in [0.3, 0.4) is 0 Å². The number of hydrogen-bond acceptors (Lipinski definition) is 3. The van der Waals surface area contributed by atoms with E-state index in [2.05, 4.69) is 0 Å². The molecule has 3 rings (SSSR count). The maximum Gasteiger partial charge on any atom is 0.118 e. The molecular formula is C18H18Cl2N2O. The van der Waals surface area contributed by atoms with Crippen LogP contribution in [0.1, 0.15) is 12.0 Å². The molecule has 0 saturated carbocycles. The molecule has 0 atom stereocenters. The Kier molecular flexibility index (Phi) is 4.79. The fourth-order valence-electron chi connectivity index (χ4n) is 2.74. The number of hydrazone groups is 1. The van der Waals surface area contributed by atoms with E-state index in [1.807, 2.05) is 59.6 Å². The largest absolute Gasteiger partial charge is 0.497 e. The van der Waals surface area contributed by atoms with E-state index in [0.29, 0.717) is 18.2 Å². The van der Waals surface area contributed by atoms with E-state index in [4.69, 9.17) is 33.0 Å². The van der Waals surface area contributed by atoms with Gasteiger partial charge in [-0.05, 0) is 42.0 Å². The van der Waals surface area contributed by atoms with Gasteiger partial charge in [0.05, 0.1) is 24.0 Å². The lowest BCUT2D eigenvalue weighted by Crippen LogP contribution is -2.46. The number of nitrogens with zero attached hydrogens (tertiary/aromatic N) is 2. The van der Waals surface area contributed by atoms with Crippen LogP contribution in [0, 0.1) is 0 Å². The third-order valence-corrected chi connectivity index (χ3v) is 5.08. The summed E-state index contributed by atoms with van der Waals surface area (Å²) in [6.07, 6.45) is 0.710. The molecule has 2 aromatic rings. The number of ether oxygens (including phenoxy) is 1. The second kappa shape index (κ2) is 6.81. The Morgan fingerprint density at radius 2 is 1.70 bits per heavy atom. The molecule has 3 nitrogen and oxygen atoms in total. The topological polar surface area (TPSA) is 24.8 Å². The Balaban J connectivity index is 1.99. The molecule has 23 heavy (non-hydrogen) atoms. The van der Waals surface area contributed by atoms with Crippen LogP contribution in [0.2, 0.25) is 0 Å². The summed E-state index contributed by atoms with van der Waals surface area (Å²) in [5.41, 5.74) is 2.64. The standard InChI is InChI=1S/C18H18Cl2N2O/c1-23-16-9-7-14(8-10-16)17-11-18(12-19,13-20)22(21-17)15-5-3-2-4-6-15/h2-10H,11-13H2,1H3. The van der Waals surface area contributed by atoms with Crippen molar-refractivity contribution in [1.82, 2.24) is 0 Å². The lowest BCUT2D eigenvalue weighted by molar-refractivity contribution is 0.415. The van der Waals surface area contributed by atoms with Crippen molar-refractivity contribution in [3.8, 4) is 5.75 Å². The Hall–Kier alpha value is -1.71. The summed E-state index contributed by atoms with van der Waals surface area (Å²) >= 11 is 12.6. The Labute approximate surface area is 146 Å². The zero-order valence-corrected chi connectivity index (χ0v) is 14.4. The summed E-state index contributed by atoms with van der Waals surface area (Å²) in [4.78, 5) is 0. The third kappa shape index (κ3) is 3.04. The molecule has 0 N–H and O–H groups in total. The van der Waals surface area contributed by atoms with Crippen LogP contribution in [-0.2, 0) is 0 Å². The highest BCUT2D eigenvalue weighted by Gasteiger charge is 2.42. The summed E-state index contributed by atoms with van der Waals surface area (Å²) in [6.45, 7) is 0. The number of methoxy groups -OCH3 is 1. The molecule has 0 fully saturated rings. The van der Waals surface area contributed by atoms with Gasteiger partial charge in [-0.1, -0.05) is 18.2 Å². The highest BCUT2D eigenvalue weighted by atomic mass is 35.5. The van der Waals surface area contributed by atoms with Crippen molar-refractivity contribution < 1.29 is 4.74 Å². The molecule has 0 amide bonds. The van der Waals surface area contributed by atoms with Crippen molar-refractivity contribution in [3.05, 3.63) is 60.2 Å². The van der Waals surface area contributed by atoms with Crippen molar-refractivity contribution in [1.29, 1.82) is 0 Å². The summed E-state index contributed by atoms with van der Waals surface area (Å²) in [6, 6.07) is 17.9. The first kappa shape index (κ1) is 16.2. The van der Waals surface area contributed by atoms with Crippen LogP contribution in [-0.4, -0.2) is 30.1 Å². The first-order valence-corrected chi connectivity index (χ1v) is 8.48. The summed E-state index contributed by atoms with van der Waals surface area (Å²) in [5.74, 6) is 1.65. The first-order chi connectivity index (χ1) is 11.2. The van der Waals surface area contributed by atoms with Crippen molar-refractivity contribution in [2.24, 2.45) is 5.10 Å². The summed E-state index contributed by atoms with van der Waals surface area (Å²) in [7, 11) is 1.66. The molecule has 1 heterocycles. The van der Waals surface area contributed by atoms with Gasteiger partial charge < -0.3 is 4.74 Å². The summed E-state index contributed by atoms with van der Waals surface area (Å²) in [5, 5.41) is 6.78. The van der Waals surface area contributed by atoms with E-state index in [0.717, 1.165) is 22.7 Å². The fourth-order valence-corrected chi connectivity index (χ4v) is 3.44. The van der Waals surface area contributed by atoms with E-state index >= 15 is 0 Å². The number of anilines is 1. The van der Waals surface area contributed by atoms with Crippen LogP contribution in [0.15, 0.2) is 59.7 Å². The van der Waals surface area contributed by atoms with Crippen LogP contribution in [0.5, 0.6) is 5.75 Å². The quantitative estimate of drug-likeness (QED) is 0.741. The maximum atomic E-state index is 6.29. The molecule has 0 unspecified atom stereocenters. The Morgan fingerprint density at radius 3 is 2.26 bits per heavy atom. The average Bonchev–Trinajstić information content (AvgIpc) is 3.03. The number of hydrogen-bond donors (Lipinski definition) is 0. The highest BCUT2D eigenvalue weighted by molar-refractivity contribution is 6.23. The zero-order valence-electron chi connectivity index (χ0n) is 12.9. The Morgan fingerprint density at radius 1 is 1.04 bits per heavy atom. The van der Waals surface area contributed by atoms with Crippen molar-refractivity contribution in [2.75, 3.05) is 23.9 Å². The third-order valence-electron chi connectivity index (χ3n) is 4.09. The van der Waals surface area contributed by atoms with Gasteiger partial charge in [0.25, 0.3) is 0 Å². The molecule has 5 heteroatoms. The lowest BCUT2D eigenvalue weighted by Gasteiger charge is -2.34. The molecule has 0 bridgehead atoms. The molecular weight excluding hydrogens is 331 g/mol. The van der Waals surface area contributed by atoms with Crippen molar-refractivity contribution >= 4 is 34.6 Å². The molecule has 1 aliphatic rings. The monoisotopic (exact) mass is 348 g/mol. The minimum absolute atomic E-state index is 0.403. The molecule has 0 spiro atoms. The normalized spacial score (nSPS) is 16.3. The minimum Gasteiger partial charge on any atom is -0.497 e. The van der Waals surface area contributed by atoms with Crippen molar-refractivity contribution in [3.63, 3.8) is 0 Å². The van der Waals surface area contributed by atoms with Gasteiger partial charge in [0.2, 0.25) is 0 Å². The van der Waals surface area contributed by atoms with Crippen molar-refractivity contribution in [2.45, 2.75) is 12.0 Å². The van der Waals surface area contributed by atoms with Gasteiger partial charge in [0.15, 0.2) is 0 Å². The van der Waals surface area contributed by atoms with E-state index in [9.17, 15) is 0 Å². The predicted octanol–water partition coefficient (Wildman–Crippen LogP) is 4.53. The number of para-hydroxylation sites is 1. The highest BCUT2D eigenvalue weighted by Crippen LogP contribution is 2.36. The van der Waals surface area contributed by atoms with Crippen LogP contribution in [0.4, 0.5) is 5.69 Å². The second-order valence-electron chi connectivity index (χ2n) is 5.59. The van der Waals surface area contributed by atoms with Gasteiger partial charge in [-0.2, -0.15) is 5.10 Å². The average molecular weight is 349 g/mol. The molecule has 0 aliphatic carbocycles. The zero-order chi connectivity index (χ0) is 16.3. The lowest BCUT2D eigenvalue weighted by atomic mass is 9.94. The predicted molar refractivity (Wildman–Crippen MR) is 97.2 cm³/mol. The van der Waals surface area contributed by atoms with Crippen LogP contribution >= 0.6 is 23.2 Å². The molecule has 0 aromatic heterocycles. The molecule has 1 aliphatic heterocycles. The van der Waals surface area contributed by atoms with Crippen LogP contribution in [0.25, 0.3) is 0 Å². The van der Waals surface area contributed by atoms with E-state index in [1.165, 1.54) is 0 Å². The smallest absolute Gasteiger partial charge is 0.118 e. The van der Waals surface area contributed by atoms with E-state index in [-0.39, 0.29) is 0 Å². The molecule has 2 aromatic carbocycles. The van der Waals surface area contributed by atoms with Gasteiger partial charge in [-0.15, -0.1) is 23.2 Å². The van der Waals surface area contributed by atoms with Gasteiger partial charge in [0.1, 0.15) is 5.75 Å². The SMILES string of the molecule is COc1ccc(C2=NN(c3ccccc3)C(CCl)(CCl)C2)cc1. The number of halogens is 2. The first-order valence-electron chi connectivity index (χ1n) is 7.41. The van der Waals surface area contributed by atoms with Gasteiger partial charge >= 0.3 is 0 Å². The molecule has 0 radical (unpaired) electrons. The van der Waals surface area contributed by atoms with E-state index in [1.54, 1.807) is 7.11 Å². The molecule has 120 valence electrons. The van der Waals surface area contributed by atoms with E-state index < -0.39 is 5.54 Å². The molecule has 0 saturated heterocycles. The number of benzene rings is 2. The fraction of sp³-hybridized carbons (Fsp3) is 0.278. The summed E-state index contributed by atoms with van der Waals surface area (Å²) < 4.78 is 5.21. The Bertz CT molecular complexity index is 682. The second-order valence-corrected chi connectivity index (χ2v) is 6.13. The van der Waals surface area contributed by atoms with Gasteiger partial charge in [-0.25, -0.2) is 0 Å². The van der Waals surface area contributed by atoms with Gasteiger partial charge in [0, 0.05) is 18.2 Å². The maximum absolute atomic E-state index is 6.29. The van der Waals surface area contributed by atoms with Crippen LogP contribution < -0.4 is 9.75 Å². The minimum atomic E-state index is -0.403. The number of rotatable bonds is 5. The van der Waals surface area contributed by atoms with Gasteiger partial charge in [-0.3, -0.25) is 5.01 Å². The number of alkyl halides is 2.